The van der Waals surface area contributed by atoms with Gasteiger partial charge in [-0.25, -0.2) is 4.98 Å². The lowest BCUT2D eigenvalue weighted by Gasteiger charge is -2.29. The van der Waals surface area contributed by atoms with E-state index in [9.17, 15) is 0 Å². The van der Waals surface area contributed by atoms with Gasteiger partial charge in [0.25, 0.3) is 0 Å². The quantitative estimate of drug-likeness (QED) is 0.715. The Balaban J connectivity index is 1.83. The number of anilines is 2. The number of nitrogens with one attached hydrogen (secondary N) is 1. The van der Waals surface area contributed by atoms with Gasteiger partial charge >= 0.3 is 0 Å². The highest BCUT2D eigenvalue weighted by Crippen LogP contribution is 2.21. The Morgan fingerprint density at radius 3 is 2.84 bits per heavy atom. The van der Waals surface area contributed by atoms with Gasteiger partial charge < -0.3 is 16.8 Å². The second kappa shape index (κ2) is 5.01. The zero-order chi connectivity index (χ0) is 13.2. The minimum absolute atomic E-state index is 0.206. The van der Waals surface area contributed by atoms with Gasteiger partial charge in [0, 0.05) is 17.8 Å². The number of nitrogen functional groups attached to an aromatic ring is 1. The number of aromatic nitrogens is 2. The van der Waals surface area contributed by atoms with Gasteiger partial charge in [-0.05, 0) is 31.0 Å². The predicted octanol–water partition coefficient (Wildman–Crippen LogP) is 1.89. The molecule has 1 aliphatic carbocycles. The van der Waals surface area contributed by atoms with Gasteiger partial charge in [-0.3, -0.25) is 4.98 Å². The maximum Gasteiger partial charge on any atom is 0.145 e. The summed E-state index contributed by atoms with van der Waals surface area (Å²) in [6.45, 7) is 0. The molecule has 3 rings (SSSR count). The Bertz CT molecular complexity index is 583. The van der Waals surface area contributed by atoms with Gasteiger partial charge in [0.2, 0.25) is 0 Å². The summed E-state index contributed by atoms with van der Waals surface area (Å²) in [5.74, 6) is 0.791. The van der Waals surface area contributed by atoms with Crippen molar-refractivity contribution in [2.45, 2.75) is 37.8 Å². The Labute approximate surface area is 112 Å². The van der Waals surface area contributed by atoms with E-state index in [0.29, 0.717) is 11.7 Å². The minimum Gasteiger partial charge on any atom is -0.399 e. The number of benzene rings is 1. The van der Waals surface area contributed by atoms with Crippen molar-refractivity contribution in [3.63, 3.8) is 0 Å². The number of hydrogen-bond donors (Lipinski definition) is 3. The number of fused-ring (bicyclic) bond motifs is 1. The molecule has 0 spiro atoms. The smallest absolute Gasteiger partial charge is 0.145 e. The van der Waals surface area contributed by atoms with Gasteiger partial charge in [0.15, 0.2) is 0 Å². The molecule has 2 atom stereocenters. The molecule has 1 fully saturated rings. The summed E-state index contributed by atoms with van der Waals surface area (Å²) < 4.78 is 0. The summed E-state index contributed by atoms with van der Waals surface area (Å²) in [7, 11) is 0. The number of nitrogens with two attached hydrogens (primary N) is 2. The molecule has 0 aliphatic heterocycles. The summed E-state index contributed by atoms with van der Waals surface area (Å²) in [5.41, 5.74) is 14.2. The Kier molecular flexibility index (Phi) is 3.21. The SMILES string of the molecule is Nc1ccc2nc(N[C@@H]3CCCC[C@H]3N)cnc2c1. The summed E-state index contributed by atoms with van der Waals surface area (Å²) in [5, 5.41) is 3.41. The van der Waals surface area contributed by atoms with Gasteiger partial charge in [-0.2, -0.15) is 0 Å². The van der Waals surface area contributed by atoms with Gasteiger partial charge in [-0.15, -0.1) is 0 Å². The Morgan fingerprint density at radius 2 is 2.00 bits per heavy atom. The molecule has 0 saturated heterocycles. The molecule has 0 amide bonds. The molecular formula is C14H19N5. The van der Waals surface area contributed by atoms with Crippen LogP contribution in [0.15, 0.2) is 24.4 Å². The molecule has 0 radical (unpaired) electrons. The molecule has 0 unspecified atom stereocenters. The minimum atomic E-state index is 0.206. The fraction of sp³-hybridized carbons (Fsp3) is 0.429. The second-order valence-electron chi connectivity index (χ2n) is 5.20. The lowest BCUT2D eigenvalue weighted by molar-refractivity contribution is 0.403. The molecule has 1 aromatic carbocycles. The van der Waals surface area contributed by atoms with Crippen LogP contribution in [0.2, 0.25) is 0 Å². The normalized spacial score (nSPS) is 23.4. The van der Waals surface area contributed by atoms with Crippen LogP contribution >= 0.6 is 0 Å². The molecule has 1 saturated carbocycles. The largest absolute Gasteiger partial charge is 0.399 e. The maximum absolute atomic E-state index is 6.13. The van der Waals surface area contributed by atoms with Crippen molar-refractivity contribution in [2.75, 3.05) is 11.1 Å². The van der Waals surface area contributed by atoms with Gasteiger partial charge in [-0.1, -0.05) is 12.8 Å². The van der Waals surface area contributed by atoms with Crippen molar-refractivity contribution in [3.05, 3.63) is 24.4 Å². The summed E-state index contributed by atoms with van der Waals surface area (Å²) in [6, 6.07) is 6.07. The van der Waals surface area contributed by atoms with E-state index in [1.807, 2.05) is 18.2 Å². The Hall–Kier alpha value is -1.88. The first-order valence-electron chi connectivity index (χ1n) is 6.77. The summed E-state index contributed by atoms with van der Waals surface area (Å²) in [6.07, 6.45) is 6.38. The molecule has 2 aromatic rings. The molecular weight excluding hydrogens is 238 g/mol. The summed E-state index contributed by atoms with van der Waals surface area (Å²) in [4.78, 5) is 8.95. The van der Waals surface area contributed by atoms with E-state index in [1.165, 1.54) is 12.8 Å². The first kappa shape index (κ1) is 12.2. The number of nitrogens with zero attached hydrogens (tertiary/aromatic N) is 2. The fourth-order valence-corrected chi connectivity index (χ4v) is 2.63. The average molecular weight is 257 g/mol. The number of rotatable bonds is 2. The highest BCUT2D eigenvalue weighted by Gasteiger charge is 2.21. The van der Waals surface area contributed by atoms with Crippen LogP contribution < -0.4 is 16.8 Å². The molecule has 5 heteroatoms. The van der Waals surface area contributed by atoms with E-state index >= 15 is 0 Å². The van der Waals surface area contributed by atoms with Crippen molar-refractivity contribution in [3.8, 4) is 0 Å². The third-order valence-corrected chi connectivity index (χ3v) is 3.72. The van der Waals surface area contributed by atoms with Crippen LogP contribution in [0.5, 0.6) is 0 Å². The average Bonchev–Trinajstić information content (AvgIpc) is 2.41. The molecule has 5 N–H and O–H groups in total. The van der Waals surface area contributed by atoms with Crippen molar-refractivity contribution in [1.82, 2.24) is 9.97 Å². The van der Waals surface area contributed by atoms with Crippen molar-refractivity contribution >= 4 is 22.5 Å². The van der Waals surface area contributed by atoms with Crippen LogP contribution in [0.3, 0.4) is 0 Å². The second-order valence-corrected chi connectivity index (χ2v) is 5.20. The van der Waals surface area contributed by atoms with E-state index in [2.05, 4.69) is 15.3 Å². The molecule has 5 nitrogen and oxygen atoms in total. The van der Waals surface area contributed by atoms with Gasteiger partial charge in [0.05, 0.1) is 17.2 Å². The van der Waals surface area contributed by atoms with E-state index in [4.69, 9.17) is 11.5 Å². The van der Waals surface area contributed by atoms with Crippen LogP contribution in [0, 0.1) is 0 Å². The zero-order valence-electron chi connectivity index (χ0n) is 10.8. The van der Waals surface area contributed by atoms with Crippen molar-refractivity contribution < 1.29 is 0 Å². The van der Waals surface area contributed by atoms with Crippen molar-refractivity contribution in [1.29, 1.82) is 0 Å². The maximum atomic E-state index is 6.13. The zero-order valence-corrected chi connectivity index (χ0v) is 10.8. The van der Waals surface area contributed by atoms with Crippen LogP contribution in [0.4, 0.5) is 11.5 Å². The van der Waals surface area contributed by atoms with Crippen LogP contribution in [0.25, 0.3) is 11.0 Å². The standard InChI is InChI=1S/C14H19N5/c15-9-5-6-12-13(7-9)17-8-14(19-12)18-11-4-2-1-3-10(11)16/h5-8,10-11H,1-4,15-16H2,(H,18,19)/t10-,11-/m1/s1. The van der Waals surface area contributed by atoms with Crippen LogP contribution in [-0.4, -0.2) is 22.1 Å². The van der Waals surface area contributed by atoms with Crippen molar-refractivity contribution in [2.24, 2.45) is 5.73 Å². The molecule has 1 aliphatic rings. The number of hydrogen-bond acceptors (Lipinski definition) is 5. The third kappa shape index (κ3) is 2.61. The van der Waals surface area contributed by atoms with Gasteiger partial charge in [0.1, 0.15) is 5.82 Å². The van der Waals surface area contributed by atoms with E-state index in [-0.39, 0.29) is 6.04 Å². The Morgan fingerprint density at radius 1 is 1.16 bits per heavy atom. The fourth-order valence-electron chi connectivity index (χ4n) is 2.63. The van der Waals surface area contributed by atoms with E-state index in [0.717, 1.165) is 29.7 Å². The molecule has 19 heavy (non-hydrogen) atoms. The van der Waals surface area contributed by atoms with Crippen LogP contribution in [-0.2, 0) is 0 Å². The predicted molar refractivity (Wildman–Crippen MR) is 77.8 cm³/mol. The third-order valence-electron chi connectivity index (χ3n) is 3.72. The lowest BCUT2D eigenvalue weighted by atomic mass is 9.91. The lowest BCUT2D eigenvalue weighted by Crippen LogP contribution is -2.42. The first-order valence-corrected chi connectivity index (χ1v) is 6.77. The highest BCUT2D eigenvalue weighted by atomic mass is 15.1. The summed E-state index contributed by atoms with van der Waals surface area (Å²) >= 11 is 0. The monoisotopic (exact) mass is 257 g/mol. The topological polar surface area (TPSA) is 89.8 Å². The van der Waals surface area contributed by atoms with Crippen LogP contribution in [0.1, 0.15) is 25.7 Å². The molecule has 0 bridgehead atoms. The van der Waals surface area contributed by atoms with E-state index < -0.39 is 0 Å². The molecule has 100 valence electrons. The van der Waals surface area contributed by atoms with E-state index in [1.54, 1.807) is 6.20 Å². The molecule has 1 heterocycles. The highest BCUT2D eigenvalue weighted by molar-refractivity contribution is 5.79. The molecule has 1 aromatic heterocycles. The first-order chi connectivity index (χ1) is 9.22.